The zero-order chi connectivity index (χ0) is 10.6. The number of halogens is 3. The highest BCUT2D eigenvalue weighted by Gasteiger charge is 2.24. The van der Waals surface area contributed by atoms with Gasteiger partial charge in [0.1, 0.15) is 5.60 Å². The smallest absolute Gasteiger partial charge is 0.378 e. The molecule has 0 heterocycles. The number of esters is 1. The predicted molar refractivity (Wildman–Crippen MR) is 52.7 cm³/mol. The first-order chi connectivity index (χ1) is 5.78. The van der Waals surface area contributed by atoms with Gasteiger partial charge < -0.3 is 4.74 Å². The van der Waals surface area contributed by atoms with E-state index >= 15 is 0 Å². The van der Waals surface area contributed by atoms with Crippen LogP contribution in [0.4, 0.5) is 0 Å². The lowest BCUT2D eigenvalue weighted by molar-refractivity contribution is -0.146. The van der Waals surface area contributed by atoms with Crippen LogP contribution in [0.2, 0.25) is 0 Å². The van der Waals surface area contributed by atoms with Crippen LogP contribution in [0, 0.1) is 0 Å². The van der Waals surface area contributed by atoms with Gasteiger partial charge in [0, 0.05) is 35.3 Å². The third-order valence-corrected chi connectivity index (χ3v) is 1.30. The quantitative estimate of drug-likeness (QED) is 0.286. The lowest BCUT2D eigenvalue weighted by Crippen LogP contribution is -2.32. The second-order valence-electron chi connectivity index (χ2n) is 3.14. The third kappa shape index (κ3) is 5.18. The van der Waals surface area contributed by atoms with Crippen molar-refractivity contribution in [1.29, 1.82) is 0 Å². The Balaban J connectivity index is 4.43. The van der Waals surface area contributed by atoms with Crippen LogP contribution in [0.15, 0.2) is 4.51 Å². The van der Waals surface area contributed by atoms with Crippen LogP contribution >= 0.6 is 35.3 Å². The molecular weight excluding hydrogens is 238 g/mol. The zero-order valence-corrected chi connectivity index (χ0v) is 9.61. The lowest BCUT2D eigenvalue weighted by Gasteiger charge is -2.20. The van der Waals surface area contributed by atoms with E-state index in [2.05, 4.69) is 4.51 Å². The van der Waals surface area contributed by atoms with Crippen LogP contribution in [0.5, 0.6) is 0 Å². The van der Waals surface area contributed by atoms with Gasteiger partial charge >= 0.3 is 5.97 Å². The van der Waals surface area contributed by atoms with Crippen molar-refractivity contribution >= 4 is 47.1 Å². The summed E-state index contributed by atoms with van der Waals surface area (Å²) in [6, 6.07) is 0. The molecule has 0 aliphatic heterocycles. The molecule has 13 heavy (non-hydrogen) atoms. The summed E-state index contributed by atoms with van der Waals surface area (Å²) < 4.78 is 8.38. The molecular formula is C6H9Cl3N2O2. The van der Waals surface area contributed by atoms with Crippen LogP contribution in [-0.4, -0.2) is 21.3 Å². The molecule has 0 amide bonds. The Morgan fingerprint density at radius 3 is 2.08 bits per heavy atom. The van der Waals surface area contributed by atoms with Crippen molar-refractivity contribution < 1.29 is 9.53 Å². The zero-order valence-electron chi connectivity index (χ0n) is 7.34. The molecule has 0 bridgehead atoms. The Morgan fingerprint density at radius 1 is 1.38 bits per heavy atom. The largest absolute Gasteiger partial charge is 0.454 e. The van der Waals surface area contributed by atoms with E-state index < -0.39 is 11.6 Å². The first kappa shape index (κ1) is 12.8. The summed E-state index contributed by atoms with van der Waals surface area (Å²) in [5, 5.41) is 0. The van der Waals surface area contributed by atoms with E-state index in [0.717, 1.165) is 0 Å². The van der Waals surface area contributed by atoms with Crippen molar-refractivity contribution in [2.45, 2.75) is 26.4 Å². The van der Waals surface area contributed by atoms with Crippen LogP contribution < -0.4 is 0 Å². The van der Waals surface area contributed by atoms with E-state index in [1.54, 1.807) is 20.8 Å². The van der Waals surface area contributed by atoms with Crippen molar-refractivity contribution in [2.24, 2.45) is 4.51 Å². The van der Waals surface area contributed by atoms with Gasteiger partial charge in [-0.15, -0.1) is 4.51 Å². The van der Waals surface area contributed by atoms with Gasteiger partial charge in [0.05, 0.1) is 0 Å². The average Bonchev–Trinajstić information content (AvgIpc) is 1.82. The fourth-order valence-electron chi connectivity index (χ4n) is 0.456. The normalized spacial score (nSPS) is 12.6. The Kier molecular flexibility index (Phi) is 4.81. The number of amidine groups is 1. The molecule has 0 spiro atoms. The fourth-order valence-corrected chi connectivity index (χ4v) is 0.891. The van der Waals surface area contributed by atoms with E-state index in [-0.39, 0.29) is 5.84 Å². The average molecular weight is 248 g/mol. The van der Waals surface area contributed by atoms with Gasteiger partial charge in [-0.1, -0.05) is 0 Å². The third-order valence-electron chi connectivity index (χ3n) is 0.822. The number of hydrogen-bond donors (Lipinski definition) is 0. The Labute approximate surface area is 91.7 Å². The van der Waals surface area contributed by atoms with Crippen LogP contribution in [0.3, 0.4) is 0 Å². The number of carbonyl (C=O) groups is 1. The maximum absolute atomic E-state index is 11.2. The SMILES string of the molecule is CC(C)(C)OC(=O)/C(=N/Cl)N(Cl)Cl. The highest BCUT2D eigenvalue weighted by Crippen LogP contribution is 2.11. The van der Waals surface area contributed by atoms with Gasteiger partial charge in [0.2, 0.25) is 0 Å². The summed E-state index contributed by atoms with van der Waals surface area (Å²) in [7, 11) is 0. The second-order valence-corrected chi connectivity index (χ2v) is 4.16. The van der Waals surface area contributed by atoms with Crippen molar-refractivity contribution in [3.63, 3.8) is 0 Å². The van der Waals surface area contributed by atoms with Gasteiger partial charge in [-0.3, -0.25) is 0 Å². The monoisotopic (exact) mass is 246 g/mol. The molecule has 0 aromatic rings. The molecule has 76 valence electrons. The Bertz CT molecular complexity index is 222. The van der Waals surface area contributed by atoms with Gasteiger partial charge in [-0.25, -0.2) is 4.79 Å². The molecule has 0 saturated carbocycles. The Hall–Kier alpha value is -0.190. The molecule has 7 heteroatoms. The summed E-state index contributed by atoms with van der Waals surface area (Å²) in [4.78, 5) is 11.2. The first-order valence-electron chi connectivity index (χ1n) is 3.32. The Morgan fingerprint density at radius 2 is 1.85 bits per heavy atom. The minimum Gasteiger partial charge on any atom is -0.454 e. The molecule has 0 aliphatic carbocycles. The van der Waals surface area contributed by atoms with Gasteiger partial charge in [0.25, 0.3) is 5.84 Å². The number of nitrogens with zero attached hydrogens (tertiary/aromatic N) is 2. The number of hydrogen-bond acceptors (Lipinski definition) is 3. The number of rotatable bonds is 0. The molecule has 0 saturated heterocycles. The predicted octanol–water partition coefficient (Wildman–Crippen LogP) is 2.49. The minimum atomic E-state index is -0.785. The summed E-state index contributed by atoms with van der Waals surface area (Å²) in [5.74, 6) is -1.16. The maximum Gasteiger partial charge on any atom is 0.378 e. The van der Waals surface area contributed by atoms with Crippen molar-refractivity contribution in [3.05, 3.63) is 0 Å². The molecule has 0 atom stereocenters. The maximum atomic E-state index is 11.2. The highest BCUT2D eigenvalue weighted by molar-refractivity contribution is 6.55. The van der Waals surface area contributed by atoms with Gasteiger partial charge in [-0.2, -0.15) is 3.94 Å². The van der Waals surface area contributed by atoms with Crippen LogP contribution in [0.25, 0.3) is 0 Å². The van der Waals surface area contributed by atoms with E-state index in [1.165, 1.54) is 0 Å². The van der Waals surface area contributed by atoms with E-state index in [9.17, 15) is 4.79 Å². The summed E-state index contributed by atoms with van der Waals surface area (Å²) in [6.45, 7) is 5.09. The number of ether oxygens (including phenoxy) is 1. The molecule has 0 rings (SSSR count). The first-order valence-corrected chi connectivity index (χ1v) is 4.33. The van der Waals surface area contributed by atoms with E-state index in [1.807, 2.05) is 0 Å². The van der Waals surface area contributed by atoms with Crippen molar-refractivity contribution in [1.82, 2.24) is 3.94 Å². The summed E-state index contributed by atoms with van der Waals surface area (Å²) >= 11 is 15.6. The van der Waals surface area contributed by atoms with Gasteiger partial charge in [0.15, 0.2) is 0 Å². The molecule has 0 fully saturated rings. The van der Waals surface area contributed by atoms with E-state index in [0.29, 0.717) is 3.94 Å². The van der Waals surface area contributed by atoms with Crippen LogP contribution in [-0.2, 0) is 9.53 Å². The molecule has 0 aliphatic rings. The molecule has 0 radical (unpaired) electrons. The van der Waals surface area contributed by atoms with Gasteiger partial charge in [-0.05, 0) is 20.8 Å². The molecule has 4 nitrogen and oxygen atoms in total. The highest BCUT2D eigenvalue weighted by atomic mass is 35.5. The molecule has 0 aromatic heterocycles. The van der Waals surface area contributed by atoms with Crippen LogP contribution in [0.1, 0.15) is 20.8 Å². The topological polar surface area (TPSA) is 41.9 Å². The fraction of sp³-hybridized carbons (Fsp3) is 0.667. The van der Waals surface area contributed by atoms with Crippen molar-refractivity contribution in [2.75, 3.05) is 0 Å². The lowest BCUT2D eigenvalue weighted by atomic mass is 10.2. The summed E-state index contributed by atoms with van der Waals surface area (Å²) in [5.41, 5.74) is -0.645. The summed E-state index contributed by atoms with van der Waals surface area (Å²) in [6.07, 6.45) is 0. The second kappa shape index (κ2) is 4.88. The van der Waals surface area contributed by atoms with Crippen molar-refractivity contribution in [3.8, 4) is 0 Å². The molecule has 0 unspecified atom stereocenters. The molecule has 0 N–H and O–H groups in total. The minimum absolute atomic E-state index is 0.375. The standard InChI is InChI=1S/C6H9Cl3N2O2/c1-6(2,3)13-5(12)4(10-7)11(8)9/h1-3H3/b10-4-. The molecule has 0 aromatic carbocycles. The number of carbonyl (C=O) groups excluding carboxylic acids is 1. The van der Waals surface area contributed by atoms with E-state index in [4.69, 9.17) is 40.1 Å².